The Morgan fingerprint density at radius 2 is 1.39 bits per heavy atom. The second-order valence-electron chi connectivity index (χ2n) is 15.1. The zero-order chi connectivity index (χ0) is 24.0. The number of esters is 1. The van der Waals surface area contributed by atoms with Crippen molar-refractivity contribution in [2.75, 3.05) is 0 Å². The van der Waals surface area contributed by atoms with E-state index in [4.69, 9.17) is 4.74 Å². The van der Waals surface area contributed by atoms with Gasteiger partial charge >= 0.3 is 5.97 Å². The summed E-state index contributed by atoms with van der Waals surface area (Å²) in [6, 6.07) is 0. The van der Waals surface area contributed by atoms with Crippen molar-refractivity contribution in [3.8, 4) is 0 Å². The van der Waals surface area contributed by atoms with Crippen molar-refractivity contribution in [2.24, 2.45) is 44.8 Å². The molecule has 5 rings (SSSR count). The maximum atomic E-state index is 11.8. The van der Waals surface area contributed by atoms with Crippen LogP contribution in [-0.4, -0.2) is 12.1 Å². The number of fused-ring (bicyclic) bond motifs is 6. The molecule has 0 aromatic heterocycles. The lowest BCUT2D eigenvalue weighted by Gasteiger charge is -2.65. The molecule has 2 nitrogen and oxygen atoms in total. The lowest BCUT2D eigenvalue weighted by molar-refractivity contribution is -0.167. The van der Waals surface area contributed by atoms with Gasteiger partial charge in [0.25, 0.3) is 0 Å². The monoisotopic (exact) mass is 454 g/mol. The third-order valence-corrected chi connectivity index (χ3v) is 12.4. The Balaban J connectivity index is 1.50. The van der Waals surface area contributed by atoms with E-state index in [-0.39, 0.29) is 22.9 Å². The molecule has 7 atom stereocenters. The molecule has 0 amide bonds. The normalized spacial score (nSPS) is 48.1. The zero-order valence-electron chi connectivity index (χ0n) is 22.9. The summed E-state index contributed by atoms with van der Waals surface area (Å²) in [6.07, 6.45) is 14.7. The highest BCUT2D eigenvalue weighted by Crippen LogP contribution is 2.71. The smallest absolute Gasteiger partial charge is 0.302 e. The summed E-state index contributed by atoms with van der Waals surface area (Å²) < 4.78 is 5.88. The lowest BCUT2D eigenvalue weighted by atomic mass is 9.40. The molecule has 0 aromatic carbocycles. The van der Waals surface area contributed by atoms with Crippen LogP contribution in [0.5, 0.6) is 0 Å². The van der Waals surface area contributed by atoms with E-state index in [1.165, 1.54) is 64.2 Å². The number of hydrogen-bond acceptors (Lipinski definition) is 2. The number of rotatable bonds is 1. The molecule has 3 fully saturated rings. The van der Waals surface area contributed by atoms with Crippen molar-refractivity contribution in [1.29, 1.82) is 0 Å². The van der Waals surface area contributed by atoms with Gasteiger partial charge in [-0.15, -0.1) is 0 Å². The summed E-state index contributed by atoms with van der Waals surface area (Å²) in [4.78, 5) is 11.8. The summed E-state index contributed by atoms with van der Waals surface area (Å²) in [6.45, 7) is 19.3. The van der Waals surface area contributed by atoms with E-state index < -0.39 is 0 Å². The molecule has 186 valence electrons. The Morgan fingerprint density at radius 1 is 0.758 bits per heavy atom. The Morgan fingerprint density at radius 3 is 2.09 bits per heavy atom. The van der Waals surface area contributed by atoms with E-state index in [9.17, 15) is 4.79 Å². The van der Waals surface area contributed by atoms with E-state index in [1.54, 1.807) is 6.92 Å². The summed E-state index contributed by atoms with van der Waals surface area (Å²) in [5.74, 6) is 2.28. The van der Waals surface area contributed by atoms with Crippen molar-refractivity contribution >= 4 is 5.97 Å². The van der Waals surface area contributed by atoms with Crippen LogP contribution in [-0.2, 0) is 9.53 Å². The topological polar surface area (TPSA) is 26.3 Å². The molecule has 33 heavy (non-hydrogen) atoms. The Hall–Kier alpha value is -0.790. The van der Waals surface area contributed by atoms with Crippen LogP contribution in [0.1, 0.15) is 126 Å². The first-order valence-corrected chi connectivity index (χ1v) is 14.1. The predicted octanol–water partition coefficient (Wildman–Crippen LogP) is 8.49. The van der Waals surface area contributed by atoms with Crippen LogP contribution in [0, 0.1) is 44.8 Å². The predicted molar refractivity (Wildman–Crippen MR) is 136 cm³/mol. The largest absolute Gasteiger partial charge is 0.462 e. The second kappa shape index (κ2) is 7.36. The fourth-order valence-electron chi connectivity index (χ4n) is 10.4. The summed E-state index contributed by atoms with van der Waals surface area (Å²) >= 11 is 0. The highest BCUT2D eigenvalue weighted by Gasteiger charge is 2.61. The molecular formula is C31H50O2. The molecule has 3 saturated carbocycles. The van der Waals surface area contributed by atoms with Crippen LogP contribution in [0.3, 0.4) is 0 Å². The van der Waals surface area contributed by atoms with Crippen molar-refractivity contribution in [2.45, 2.75) is 132 Å². The van der Waals surface area contributed by atoms with Crippen LogP contribution < -0.4 is 0 Å². The Bertz CT molecular complexity index is 864. The van der Waals surface area contributed by atoms with Crippen LogP contribution >= 0.6 is 0 Å². The third kappa shape index (κ3) is 3.42. The summed E-state index contributed by atoms with van der Waals surface area (Å²) in [5.41, 5.74) is 5.58. The van der Waals surface area contributed by atoms with Crippen LogP contribution in [0.2, 0.25) is 0 Å². The number of carbonyl (C=O) groups is 1. The first kappa shape index (κ1) is 23.9. The van der Waals surface area contributed by atoms with Crippen molar-refractivity contribution in [3.05, 3.63) is 11.1 Å². The van der Waals surface area contributed by atoms with Crippen molar-refractivity contribution in [3.63, 3.8) is 0 Å². The molecule has 0 saturated heterocycles. The molecule has 0 aliphatic heterocycles. The van der Waals surface area contributed by atoms with Gasteiger partial charge in [-0.2, -0.15) is 0 Å². The maximum Gasteiger partial charge on any atom is 0.302 e. The van der Waals surface area contributed by atoms with Gasteiger partial charge in [0.05, 0.1) is 0 Å². The number of carbonyl (C=O) groups excluding carboxylic acids is 1. The van der Waals surface area contributed by atoms with Gasteiger partial charge in [-0.05, 0) is 110 Å². The van der Waals surface area contributed by atoms with Gasteiger partial charge in [0.1, 0.15) is 6.10 Å². The van der Waals surface area contributed by atoms with Gasteiger partial charge in [0, 0.05) is 12.3 Å². The molecule has 7 unspecified atom stereocenters. The highest BCUT2D eigenvalue weighted by molar-refractivity contribution is 5.66. The minimum Gasteiger partial charge on any atom is -0.462 e. The van der Waals surface area contributed by atoms with E-state index in [1.807, 2.05) is 11.1 Å². The molecule has 2 heteroatoms. The molecule has 0 radical (unpaired) electrons. The number of allylic oxidation sites excluding steroid dienone is 2. The highest BCUT2D eigenvalue weighted by atomic mass is 16.5. The minimum absolute atomic E-state index is 0.0491. The van der Waals surface area contributed by atoms with Gasteiger partial charge in [0.15, 0.2) is 0 Å². The minimum atomic E-state index is -0.110. The molecule has 0 spiro atoms. The van der Waals surface area contributed by atoms with E-state index >= 15 is 0 Å². The van der Waals surface area contributed by atoms with Crippen molar-refractivity contribution < 1.29 is 9.53 Å². The zero-order valence-corrected chi connectivity index (χ0v) is 22.9. The van der Waals surface area contributed by atoms with E-state index in [0.29, 0.717) is 22.2 Å². The molecule has 5 aliphatic rings. The van der Waals surface area contributed by atoms with E-state index in [2.05, 4.69) is 48.5 Å². The van der Waals surface area contributed by atoms with Crippen LogP contribution in [0.4, 0.5) is 0 Å². The third-order valence-electron chi connectivity index (χ3n) is 12.4. The Kier molecular flexibility index (Phi) is 5.34. The van der Waals surface area contributed by atoms with Crippen molar-refractivity contribution in [1.82, 2.24) is 0 Å². The average Bonchev–Trinajstić information content (AvgIpc) is 2.71. The molecular weight excluding hydrogens is 404 g/mol. The molecule has 5 aliphatic carbocycles. The average molecular weight is 455 g/mol. The molecule has 0 bridgehead atoms. The van der Waals surface area contributed by atoms with Gasteiger partial charge in [0.2, 0.25) is 0 Å². The molecule has 0 N–H and O–H groups in total. The maximum absolute atomic E-state index is 11.8. The van der Waals surface area contributed by atoms with Gasteiger partial charge in [-0.3, -0.25) is 4.79 Å². The lowest BCUT2D eigenvalue weighted by Crippen LogP contribution is -2.57. The SMILES string of the molecule is CC(=O)OC1CCC2(C)C3=C(CCC2C1(C)C)C1(C)CCC2(C)CCC(C)(C)CC2C1CC3. The summed E-state index contributed by atoms with van der Waals surface area (Å²) in [7, 11) is 0. The Labute approximate surface area is 203 Å². The first-order chi connectivity index (χ1) is 15.2. The van der Waals surface area contributed by atoms with E-state index in [0.717, 1.165) is 18.3 Å². The van der Waals surface area contributed by atoms with Crippen LogP contribution in [0.15, 0.2) is 11.1 Å². The van der Waals surface area contributed by atoms with Crippen LogP contribution in [0.25, 0.3) is 0 Å². The fraction of sp³-hybridized carbons (Fsp3) is 0.903. The second-order valence-corrected chi connectivity index (χ2v) is 15.1. The summed E-state index contributed by atoms with van der Waals surface area (Å²) in [5, 5.41) is 0. The fourth-order valence-corrected chi connectivity index (χ4v) is 10.4. The standard InChI is InChI=1S/C31H50O2/c1-20(32)33-26-13-14-31(8)22-9-10-23-24-19-27(2,3)15-16-29(24,6)17-18-30(23,7)21(22)11-12-25(31)28(26,4)5/h23-26H,9-19H2,1-8H3. The molecule has 0 heterocycles. The molecule has 0 aromatic rings. The number of ether oxygens (including phenoxy) is 1. The van der Waals surface area contributed by atoms with Gasteiger partial charge < -0.3 is 4.74 Å². The first-order valence-electron chi connectivity index (χ1n) is 14.1. The van der Waals surface area contributed by atoms with Gasteiger partial charge in [-0.1, -0.05) is 59.6 Å². The van der Waals surface area contributed by atoms with Gasteiger partial charge in [-0.25, -0.2) is 0 Å². The number of hydrogen-bond donors (Lipinski definition) is 0. The quantitative estimate of drug-likeness (QED) is 0.293.